The first-order valence-corrected chi connectivity index (χ1v) is 7.66. The number of rotatable bonds is 2. The molecule has 1 aliphatic carbocycles. The van der Waals surface area contributed by atoms with Crippen molar-refractivity contribution in [3.05, 3.63) is 46.0 Å². The normalized spacial score (nSPS) is 20.8. The second-order valence-electron chi connectivity index (χ2n) is 5.78. The van der Waals surface area contributed by atoms with Gasteiger partial charge in [0.15, 0.2) is 5.78 Å². The first-order chi connectivity index (χ1) is 10.0. The van der Waals surface area contributed by atoms with Crippen molar-refractivity contribution in [1.82, 2.24) is 0 Å². The number of carbonyl (C=O) groups is 2. The number of halogens is 1. The molecule has 0 radical (unpaired) electrons. The average Bonchev–Trinajstić information content (AvgIpc) is 2.71. The number of Topliss-reactive ketones (excluding diaryl/α,β-unsaturated/α-hetero) is 1. The van der Waals surface area contributed by atoms with E-state index in [2.05, 4.69) is 0 Å². The summed E-state index contributed by atoms with van der Waals surface area (Å²) in [7, 11) is 0. The zero-order chi connectivity index (χ0) is 15.0. The van der Waals surface area contributed by atoms with E-state index in [9.17, 15) is 9.59 Å². The lowest BCUT2D eigenvalue weighted by atomic mass is 9.76. The molecule has 0 aromatic heterocycles. The minimum absolute atomic E-state index is 0.114. The van der Waals surface area contributed by atoms with Crippen molar-refractivity contribution in [2.75, 3.05) is 0 Å². The van der Waals surface area contributed by atoms with Gasteiger partial charge in [-0.1, -0.05) is 18.0 Å². The topological polar surface area (TPSA) is 43.4 Å². The summed E-state index contributed by atoms with van der Waals surface area (Å²) in [6.07, 6.45) is 4.58. The lowest BCUT2D eigenvalue weighted by Gasteiger charge is -2.34. The first-order valence-electron chi connectivity index (χ1n) is 7.28. The summed E-state index contributed by atoms with van der Waals surface area (Å²) in [5.41, 5.74) is 0.860. The van der Waals surface area contributed by atoms with Gasteiger partial charge in [0.05, 0.1) is 5.57 Å². The van der Waals surface area contributed by atoms with Crippen molar-refractivity contribution in [2.45, 2.75) is 44.6 Å². The SMILES string of the molecule is CC1=C(C(=O)c2ccc(Cl)cc2)C2(CCCCC2)OC1=O. The zero-order valence-corrected chi connectivity index (χ0v) is 12.7. The van der Waals surface area contributed by atoms with Crippen molar-refractivity contribution in [2.24, 2.45) is 0 Å². The van der Waals surface area contributed by atoms with Crippen molar-refractivity contribution < 1.29 is 14.3 Å². The van der Waals surface area contributed by atoms with Gasteiger partial charge in [-0.2, -0.15) is 0 Å². The molecular weight excluding hydrogens is 288 g/mol. The second kappa shape index (κ2) is 5.30. The molecule has 21 heavy (non-hydrogen) atoms. The highest BCUT2D eigenvalue weighted by molar-refractivity contribution is 6.30. The third-order valence-corrected chi connectivity index (χ3v) is 4.67. The van der Waals surface area contributed by atoms with Gasteiger partial charge < -0.3 is 4.74 Å². The Kier molecular flexibility index (Phi) is 3.62. The highest BCUT2D eigenvalue weighted by Gasteiger charge is 2.49. The monoisotopic (exact) mass is 304 g/mol. The molecule has 110 valence electrons. The van der Waals surface area contributed by atoms with Crippen LogP contribution in [0, 0.1) is 0 Å². The number of ether oxygens (including phenoxy) is 1. The van der Waals surface area contributed by atoms with Crippen molar-refractivity contribution in [3.8, 4) is 0 Å². The largest absolute Gasteiger partial charge is 0.451 e. The Labute approximate surface area is 128 Å². The summed E-state index contributed by atoms with van der Waals surface area (Å²) < 4.78 is 5.62. The summed E-state index contributed by atoms with van der Waals surface area (Å²) in [5, 5.41) is 0.586. The van der Waals surface area contributed by atoms with Crippen LogP contribution in [0.2, 0.25) is 5.02 Å². The maximum absolute atomic E-state index is 12.9. The number of ketones is 1. The molecule has 0 bridgehead atoms. The fraction of sp³-hybridized carbons (Fsp3) is 0.412. The van der Waals surface area contributed by atoms with E-state index in [1.54, 1.807) is 31.2 Å². The van der Waals surface area contributed by atoms with Crippen molar-refractivity contribution in [3.63, 3.8) is 0 Å². The molecule has 3 rings (SSSR count). The number of hydrogen-bond donors (Lipinski definition) is 0. The maximum Gasteiger partial charge on any atom is 0.335 e. The van der Waals surface area contributed by atoms with E-state index in [4.69, 9.17) is 16.3 Å². The standard InChI is InChI=1S/C17H17ClO3/c1-11-14(15(19)12-5-7-13(18)8-6-12)17(21-16(11)20)9-3-2-4-10-17/h5-8H,2-4,9-10H2,1H3. The van der Waals surface area contributed by atoms with E-state index in [0.29, 0.717) is 21.7 Å². The van der Waals surface area contributed by atoms with Gasteiger partial charge in [-0.15, -0.1) is 0 Å². The Balaban J connectivity index is 2.02. The molecule has 0 amide bonds. The van der Waals surface area contributed by atoms with E-state index in [1.165, 1.54) is 0 Å². The molecule has 0 N–H and O–H groups in total. The first kappa shape index (κ1) is 14.3. The molecule has 1 aliphatic heterocycles. The Morgan fingerprint density at radius 1 is 1.14 bits per heavy atom. The fourth-order valence-corrected chi connectivity index (χ4v) is 3.47. The minimum atomic E-state index is -0.698. The third kappa shape index (κ3) is 2.40. The summed E-state index contributed by atoms with van der Waals surface area (Å²) in [5.74, 6) is -0.467. The molecule has 0 saturated heterocycles. The molecule has 1 saturated carbocycles. The van der Waals surface area contributed by atoms with Gasteiger partial charge in [-0.3, -0.25) is 4.79 Å². The van der Waals surface area contributed by atoms with E-state index in [1.807, 2.05) is 0 Å². The molecule has 1 fully saturated rings. The van der Waals surface area contributed by atoms with Crippen LogP contribution in [0.5, 0.6) is 0 Å². The summed E-state index contributed by atoms with van der Waals surface area (Å²) in [6.45, 7) is 1.69. The van der Waals surface area contributed by atoms with Crippen molar-refractivity contribution >= 4 is 23.4 Å². The molecule has 3 nitrogen and oxygen atoms in total. The Bertz CT molecular complexity index is 622. The highest BCUT2D eigenvalue weighted by Crippen LogP contribution is 2.44. The number of hydrogen-bond acceptors (Lipinski definition) is 3. The molecule has 1 spiro atoms. The van der Waals surface area contributed by atoms with Crippen molar-refractivity contribution in [1.29, 1.82) is 0 Å². The molecule has 4 heteroatoms. The molecule has 1 aromatic rings. The molecule has 1 heterocycles. The Morgan fingerprint density at radius 2 is 1.76 bits per heavy atom. The van der Waals surface area contributed by atoms with E-state index < -0.39 is 5.60 Å². The van der Waals surface area contributed by atoms with Crippen LogP contribution in [0.3, 0.4) is 0 Å². The zero-order valence-electron chi connectivity index (χ0n) is 11.9. The van der Waals surface area contributed by atoms with Crippen LogP contribution in [-0.4, -0.2) is 17.4 Å². The fourth-order valence-electron chi connectivity index (χ4n) is 3.35. The quantitative estimate of drug-likeness (QED) is 0.610. The van der Waals surface area contributed by atoms with Crippen LogP contribution >= 0.6 is 11.6 Å². The number of carbonyl (C=O) groups excluding carboxylic acids is 2. The number of esters is 1. The molecule has 0 atom stereocenters. The minimum Gasteiger partial charge on any atom is -0.451 e. The van der Waals surface area contributed by atoms with Crippen LogP contribution in [-0.2, 0) is 9.53 Å². The van der Waals surface area contributed by atoms with E-state index in [-0.39, 0.29) is 11.8 Å². The predicted molar refractivity (Wildman–Crippen MR) is 80.4 cm³/mol. The van der Waals surface area contributed by atoms with Crippen LogP contribution < -0.4 is 0 Å². The summed E-state index contributed by atoms with van der Waals surface area (Å²) in [6, 6.07) is 6.78. The highest BCUT2D eigenvalue weighted by atomic mass is 35.5. The smallest absolute Gasteiger partial charge is 0.335 e. The maximum atomic E-state index is 12.9. The van der Waals surface area contributed by atoms with Crippen LogP contribution in [0.4, 0.5) is 0 Å². The van der Waals surface area contributed by atoms with Gasteiger partial charge in [-0.25, -0.2) is 4.79 Å². The third-order valence-electron chi connectivity index (χ3n) is 4.42. The van der Waals surface area contributed by atoms with Crippen LogP contribution in [0.25, 0.3) is 0 Å². The van der Waals surface area contributed by atoms with Crippen LogP contribution in [0.15, 0.2) is 35.4 Å². The summed E-state index contributed by atoms with van der Waals surface area (Å²) >= 11 is 5.87. The van der Waals surface area contributed by atoms with Gasteiger partial charge in [0, 0.05) is 16.2 Å². The lowest BCUT2D eigenvalue weighted by molar-refractivity contribution is -0.148. The Hall–Kier alpha value is -1.61. The van der Waals surface area contributed by atoms with Gasteiger partial charge in [0.1, 0.15) is 5.60 Å². The van der Waals surface area contributed by atoms with Gasteiger partial charge >= 0.3 is 5.97 Å². The van der Waals surface area contributed by atoms with Gasteiger partial charge in [-0.05, 0) is 56.9 Å². The number of benzene rings is 1. The van der Waals surface area contributed by atoms with Gasteiger partial charge in [0.2, 0.25) is 0 Å². The molecule has 0 unspecified atom stereocenters. The van der Waals surface area contributed by atoms with Gasteiger partial charge in [0.25, 0.3) is 0 Å². The van der Waals surface area contributed by atoms with E-state index >= 15 is 0 Å². The predicted octanol–water partition coefficient (Wildman–Crippen LogP) is 4.10. The second-order valence-corrected chi connectivity index (χ2v) is 6.22. The average molecular weight is 305 g/mol. The molecular formula is C17H17ClO3. The molecule has 2 aliphatic rings. The molecule has 1 aromatic carbocycles. The van der Waals surface area contributed by atoms with Crippen LogP contribution in [0.1, 0.15) is 49.4 Å². The lowest BCUT2D eigenvalue weighted by Crippen LogP contribution is -2.37. The summed E-state index contributed by atoms with van der Waals surface area (Å²) in [4.78, 5) is 24.8. The Morgan fingerprint density at radius 3 is 2.38 bits per heavy atom. The van der Waals surface area contributed by atoms with E-state index in [0.717, 1.165) is 32.1 Å².